The monoisotopic (exact) mass is 799 g/mol. The number of hydrogen-bond donors (Lipinski definition) is 1. The fourth-order valence-corrected chi connectivity index (χ4v) is 10.1. The van der Waals surface area contributed by atoms with Gasteiger partial charge in [-0.3, -0.25) is 19.5 Å². The molecule has 3 aliphatic heterocycles. The van der Waals surface area contributed by atoms with Crippen molar-refractivity contribution in [1.29, 1.82) is 0 Å². The summed E-state index contributed by atoms with van der Waals surface area (Å²) >= 11 is 6.59. The number of halogens is 2. The lowest BCUT2D eigenvalue weighted by Gasteiger charge is -2.38. The van der Waals surface area contributed by atoms with E-state index in [-0.39, 0.29) is 29.8 Å². The molecule has 3 heterocycles. The van der Waals surface area contributed by atoms with Crippen LogP contribution in [0.1, 0.15) is 130 Å². The molecule has 3 fully saturated rings. The maximum absolute atomic E-state index is 15.4. The Balaban J connectivity index is 0.00000270. The number of fused-ring (bicyclic) bond motifs is 2. The smallest absolute Gasteiger partial charge is 0.221 e. The zero-order chi connectivity index (χ0) is 40.5. The van der Waals surface area contributed by atoms with Gasteiger partial charge in [0.05, 0.1) is 33.1 Å². The third-order valence-electron chi connectivity index (χ3n) is 13.0. The van der Waals surface area contributed by atoms with Crippen molar-refractivity contribution in [3.63, 3.8) is 0 Å². The van der Waals surface area contributed by atoms with E-state index in [9.17, 15) is 9.59 Å². The minimum Gasteiger partial charge on any atom is -0.369 e. The summed E-state index contributed by atoms with van der Waals surface area (Å²) < 4.78 is 20.3. The largest absolute Gasteiger partial charge is 0.369 e. The predicted octanol–water partition coefficient (Wildman–Crippen LogP) is 10.4. The first-order valence-electron chi connectivity index (χ1n) is 21.4. The van der Waals surface area contributed by atoms with Crippen LogP contribution in [-0.4, -0.2) is 76.5 Å². The standard InChI is InChI=1S/C45H57ClFN5O3.C2H6/c1-31(10-15-43(54)49-30-55-3)34-12-14-41(39(47)26-34)51-24-16-32(17-25-51)28-50-22-18-33(19-23-50)35-11-13-37-42(27-35)52(40-9-7-8-38(46)36(40)29-53)44(48-2)45(37)20-5-4-6-21-45;1-2/h7-9,11-14,26-27,29,31-33H,4-6,10,15-25,28,30H2,1-3H3,(H,49,54);1-2H3. The molecule has 7 rings (SSSR count). The minimum atomic E-state index is -0.174. The number of likely N-dealkylation sites (tertiary alicyclic amines) is 1. The summed E-state index contributed by atoms with van der Waals surface area (Å²) in [5.41, 5.74) is 6.66. The molecule has 1 saturated carbocycles. The lowest BCUT2D eigenvalue weighted by molar-refractivity contribution is -0.122. The van der Waals surface area contributed by atoms with E-state index >= 15 is 4.39 Å². The zero-order valence-electron chi connectivity index (χ0n) is 34.8. The van der Waals surface area contributed by atoms with Gasteiger partial charge >= 0.3 is 0 Å². The Morgan fingerprint density at radius 1 is 0.982 bits per heavy atom. The fourth-order valence-electron chi connectivity index (χ4n) is 9.90. The molecule has 0 aromatic heterocycles. The normalized spacial score (nSPS) is 19.9. The van der Waals surface area contributed by atoms with E-state index in [1.807, 2.05) is 52.1 Å². The van der Waals surface area contributed by atoms with Crippen molar-refractivity contribution in [2.45, 2.75) is 109 Å². The fraction of sp³-hybridized carbons (Fsp3) is 0.553. The SMILES string of the molecule is CC.CN=C1N(c2cccc(Cl)c2C=O)c2cc(C3CCN(CC4CCN(c5ccc(C(C)CCC(=O)NCOC)cc5F)CC4)CC3)ccc2C12CCCCC2. The van der Waals surface area contributed by atoms with Gasteiger partial charge in [-0.1, -0.05) is 75.9 Å². The zero-order valence-corrected chi connectivity index (χ0v) is 35.6. The van der Waals surface area contributed by atoms with Gasteiger partial charge in [-0.05, 0) is 123 Å². The molecule has 1 atom stereocenters. The van der Waals surface area contributed by atoms with Crippen LogP contribution in [0, 0.1) is 11.7 Å². The number of carbonyl (C=O) groups excluding carboxylic acids is 2. The third kappa shape index (κ3) is 9.26. The molecule has 308 valence electrons. The summed E-state index contributed by atoms with van der Waals surface area (Å²) in [5.74, 6) is 1.98. The van der Waals surface area contributed by atoms with Gasteiger partial charge in [0.25, 0.3) is 0 Å². The lowest BCUT2D eigenvalue weighted by Crippen LogP contribution is -2.41. The Kier molecular flexibility index (Phi) is 14.9. The molecule has 2 saturated heterocycles. The van der Waals surface area contributed by atoms with E-state index in [0.717, 1.165) is 100 Å². The predicted molar refractivity (Wildman–Crippen MR) is 232 cm³/mol. The number of benzene rings is 3. The molecule has 1 amide bonds. The minimum absolute atomic E-state index is 0.0524. The number of nitrogens with one attached hydrogen (secondary N) is 1. The second kappa shape index (κ2) is 19.8. The van der Waals surface area contributed by atoms with Crippen LogP contribution in [0.4, 0.5) is 21.5 Å². The second-order valence-electron chi connectivity index (χ2n) is 16.3. The molecular weight excluding hydrogens is 737 g/mol. The quantitative estimate of drug-likeness (QED) is 0.145. The number of nitrogens with zero attached hydrogens (tertiary/aromatic N) is 4. The summed E-state index contributed by atoms with van der Waals surface area (Å²) in [7, 11) is 3.44. The molecule has 3 aromatic rings. The summed E-state index contributed by atoms with van der Waals surface area (Å²) in [6.07, 6.45) is 12.0. The summed E-state index contributed by atoms with van der Waals surface area (Å²) in [6, 6.07) is 18.5. The van der Waals surface area contributed by atoms with Crippen molar-refractivity contribution >= 4 is 46.7 Å². The molecule has 1 unspecified atom stereocenters. The molecule has 0 radical (unpaired) electrons. The van der Waals surface area contributed by atoms with Crippen molar-refractivity contribution in [1.82, 2.24) is 10.2 Å². The van der Waals surface area contributed by atoms with E-state index < -0.39 is 0 Å². The molecule has 10 heteroatoms. The Bertz CT molecular complexity index is 1860. The van der Waals surface area contributed by atoms with E-state index in [1.165, 1.54) is 30.4 Å². The van der Waals surface area contributed by atoms with Crippen molar-refractivity contribution in [3.8, 4) is 0 Å². The summed E-state index contributed by atoms with van der Waals surface area (Å²) in [5, 5.41) is 3.17. The average Bonchev–Trinajstić information content (AvgIpc) is 3.50. The number of amides is 1. The van der Waals surface area contributed by atoms with Gasteiger partial charge in [0.2, 0.25) is 5.91 Å². The molecule has 1 spiro atoms. The number of aldehydes is 1. The van der Waals surface area contributed by atoms with Crippen LogP contribution in [0.3, 0.4) is 0 Å². The highest BCUT2D eigenvalue weighted by atomic mass is 35.5. The van der Waals surface area contributed by atoms with Crippen LogP contribution in [0.2, 0.25) is 5.02 Å². The lowest BCUT2D eigenvalue weighted by atomic mass is 9.69. The van der Waals surface area contributed by atoms with Crippen LogP contribution in [0.5, 0.6) is 0 Å². The van der Waals surface area contributed by atoms with Crippen molar-refractivity contribution in [3.05, 3.63) is 87.7 Å². The average molecular weight is 801 g/mol. The van der Waals surface area contributed by atoms with Crippen molar-refractivity contribution in [2.75, 3.05) is 63.4 Å². The van der Waals surface area contributed by atoms with Crippen LogP contribution in [0.25, 0.3) is 0 Å². The van der Waals surface area contributed by atoms with Crippen molar-refractivity contribution < 1.29 is 18.7 Å². The van der Waals surface area contributed by atoms with Crippen LogP contribution >= 0.6 is 11.6 Å². The number of anilines is 3. The van der Waals surface area contributed by atoms with Crippen molar-refractivity contribution in [2.24, 2.45) is 10.9 Å². The molecule has 8 nitrogen and oxygen atoms in total. The number of carbonyl (C=O) groups is 2. The highest BCUT2D eigenvalue weighted by Crippen LogP contribution is 2.54. The Morgan fingerprint density at radius 3 is 2.39 bits per heavy atom. The highest BCUT2D eigenvalue weighted by molar-refractivity contribution is 6.34. The Morgan fingerprint density at radius 2 is 1.72 bits per heavy atom. The van der Waals surface area contributed by atoms with Crippen LogP contribution in [0.15, 0.2) is 59.6 Å². The van der Waals surface area contributed by atoms with E-state index in [0.29, 0.717) is 41.0 Å². The van der Waals surface area contributed by atoms with Gasteiger partial charge in [-0.25, -0.2) is 4.39 Å². The first kappa shape index (κ1) is 42.8. The number of hydrogen-bond acceptors (Lipinski definition) is 6. The molecule has 1 aliphatic carbocycles. The number of rotatable bonds is 12. The topological polar surface area (TPSA) is 77.5 Å². The first-order valence-corrected chi connectivity index (χ1v) is 21.8. The molecule has 0 bridgehead atoms. The molecule has 57 heavy (non-hydrogen) atoms. The Labute approximate surface area is 345 Å². The molecular formula is C47H63ClFN5O3. The van der Waals surface area contributed by atoms with Gasteiger partial charge in [0.15, 0.2) is 6.29 Å². The second-order valence-corrected chi connectivity index (χ2v) is 16.7. The maximum atomic E-state index is 15.4. The van der Waals surface area contributed by atoms with Gasteiger partial charge in [0, 0.05) is 40.2 Å². The molecule has 1 N–H and O–H groups in total. The van der Waals surface area contributed by atoms with Gasteiger partial charge < -0.3 is 19.9 Å². The van der Waals surface area contributed by atoms with E-state index in [1.54, 1.807) is 19.2 Å². The number of aliphatic imine (C=N–C) groups is 1. The van der Waals surface area contributed by atoms with Gasteiger partial charge in [-0.2, -0.15) is 0 Å². The summed E-state index contributed by atoms with van der Waals surface area (Å²) in [6.45, 7) is 11.2. The first-order chi connectivity index (χ1) is 27.8. The highest BCUT2D eigenvalue weighted by Gasteiger charge is 2.50. The third-order valence-corrected chi connectivity index (χ3v) is 13.3. The van der Waals surface area contributed by atoms with Gasteiger partial charge in [0.1, 0.15) is 18.4 Å². The van der Waals surface area contributed by atoms with Gasteiger partial charge in [-0.15, -0.1) is 0 Å². The summed E-state index contributed by atoms with van der Waals surface area (Å²) in [4.78, 5) is 36.4. The maximum Gasteiger partial charge on any atom is 0.221 e. The number of ether oxygens (including phenoxy) is 1. The van der Waals surface area contributed by atoms with Crippen LogP contribution < -0.4 is 15.1 Å². The number of methoxy groups -OCH3 is 1. The molecule has 3 aromatic carbocycles. The number of piperidine rings is 2. The number of amidine groups is 1. The van der Waals surface area contributed by atoms with E-state index in [2.05, 4.69) is 38.2 Å². The molecule has 4 aliphatic rings. The van der Waals surface area contributed by atoms with E-state index in [4.69, 9.17) is 21.3 Å². The Hall–Kier alpha value is -3.79. The van der Waals surface area contributed by atoms with Crippen LogP contribution in [-0.2, 0) is 14.9 Å².